The molecule has 0 N–H and O–H groups in total. The van der Waals surface area contributed by atoms with Gasteiger partial charge in [0.05, 0.1) is 11.3 Å². The fourth-order valence-electron chi connectivity index (χ4n) is 2.18. The highest BCUT2D eigenvalue weighted by Gasteiger charge is 2.37. The lowest BCUT2D eigenvalue weighted by Gasteiger charge is -2.37. The van der Waals surface area contributed by atoms with Crippen molar-refractivity contribution in [3.63, 3.8) is 0 Å². The van der Waals surface area contributed by atoms with Gasteiger partial charge in [0.15, 0.2) is 19.6 Å². The molecule has 18 heavy (non-hydrogen) atoms. The van der Waals surface area contributed by atoms with Crippen LogP contribution in [-0.2, 0) is 10.0 Å². The lowest BCUT2D eigenvalue weighted by atomic mass is 10.1. The first-order chi connectivity index (χ1) is 8.43. The molecule has 0 atom stereocenters. The van der Waals surface area contributed by atoms with Crippen LogP contribution in [0.15, 0.2) is 5.38 Å². The molecule has 3 nitrogen and oxygen atoms in total. The number of aldehydes is 1. The molecule has 0 aliphatic carbocycles. The van der Waals surface area contributed by atoms with E-state index in [1.165, 1.54) is 11.3 Å². The number of hydrogen-bond acceptors (Lipinski definition) is 4. The molecule has 0 amide bonds. The molecule has 0 unspecified atom stereocenters. The van der Waals surface area contributed by atoms with Crippen molar-refractivity contribution in [3.8, 4) is 0 Å². The Bertz CT molecular complexity index is 391. The maximum atomic E-state index is 10.7. The van der Waals surface area contributed by atoms with Crippen LogP contribution in [0.4, 0.5) is 0 Å². The van der Waals surface area contributed by atoms with Gasteiger partial charge in [-0.2, -0.15) is 0 Å². The Morgan fingerprint density at radius 3 is 2.28 bits per heavy atom. The number of thiazole rings is 1. The molecule has 1 aromatic heterocycles. The average molecular weight is 285 g/mol. The van der Waals surface area contributed by atoms with Crippen molar-refractivity contribution in [1.82, 2.24) is 4.98 Å². The molecule has 1 rings (SSSR count). The minimum atomic E-state index is -1.66. The first-order valence-electron chi connectivity index (χ1n) is 6.54. The third-order valence-corrected chi connectivity index (χ3v) is 9.22. The zero-order valence-corrected chi connectivity index (χ0v) is 13.8. The van der Waals surface area contributed by atoms with E-state index in [0.717, 1.165) is 30.1 Å². The van der Waals surface area contributed by atoms with Crippen molar-refractivity contribution < 1.29 is 9.22 Å². The highest BCUT2D eigenvalue weighted by Crippen LogP contribution is 2.34. The van der Waals surface area contributed by atoms with Crippen molar-refractivity contribution in [2.45, 2.75) is 58.4 Å². The summed E-state index contributed by atoms with van der Waals surface area (Å²) >= 11 is 1.38. The Hall–Kier alpha value is -0.523. The predicted molar refractivity (Wildman–Crippen MR) is 78.8 cm³/mol. The highest BCUT2D eigenvalue weighted by molar-refractivity contribution is 7.11. The Morgan fingerprint density at radius 1 is 1.33 bits per heavy atom. The van der Waals surface area contributed by atoms with Gasteiger partial charge in [0.25, 0.3) is 0 Å². The van der Waals surface area contributed by atoms with E-state index in [-0.39, 0.29) is 0 Å². The van der Waals surface area contributed by atoms with Gasteiger partial charge in [-0.3, -0.25) is 4.79 Å². The van der Waals surface area contributed by atoms with Crippen molar-refractivity contribution in [2.24, 2.45) is 0 Å². The number of hydrogen-bond donors (Lipinski definition) is 0. The third kappa shape index (κ3) is 3.27. The normalized spacial score (nSPS) is 12.7. The fourth-order valence-corrected chi connectivity index (χ4v) is 6.07. The van der Waals surface area contributed by atoms with E-state index < -0.39 is 13.9 Å². The van der Waals surface area contributed by atoms with Gasteiger partial charge in [-0.15, -0.1) is 11.3 Å². The number of nitrogens with zero attached hydrogens (tertiary/aromatic N) is 1. The van der Waals surface area contributed by atoms with Gasteiger partial charge in [0.1, 0.15) is 0 Å². The molecule has 1 heterocycles. The molecule has 102 valence electrons. The second kappa shape index (κ2) is 6.08. The number of carbonyl (C=O) groups is 1. The van der Waals surface area contributed by atoms with Crippen LogP contribution in [0.1, 0.15) is 50.1 Å². The standard InChI is InChI=1S/C13H23NO2SSi/c1-6-18(7-2,8-3)16-13(4,5)11-10-17-12(9-15)14-11/h9-10H,6-8H2,1-5H3. The zero-order chi connectivity index (χ0) is 13.8. The van der Waals surface area contributed by atoms with Crippen molar-refractivity contribution in [3.05, 3.63) is 16.1 Å². The quantitative estimate of drug-likeness (QED) is 0.556. The lowest BCUT2D eigenvalue weighted by Crippen LogP contribution is -2.43. The summed E-state index contributed by atoms with van der Waals surface area (Å²) in [7, 11) is -1.66. The van der Waals surface area contributed by atoms with E-state index in [0.29, 0.717) is 5.01 Å². The molecule has 1 aromatic rings. The van der Waals surface area contributed by atoms with Crippen LogP contribution < -0.4 is 0 Å². The van der Waals surface area contributed by atoms with Crippen LogP contribution in [0.2, 0.25) is 18.1 Å². The van der Waals surface area contributed by atoms with Gasteiger partial charge in [-0.25, -0.2) is 4.98 Å². The SMILES string of the molecule is CC[Si](CC)(CC)OC(C)(C)c1csc(C=O)n1. The van der Waals surface area contributed by atoms with Crippen molar-refractivity contribution in [1.29, 1.82) is 0 Å². The Labute approximate surface area is 115 Å². The minimum Gasteiger partial charge on any atom is -0.406 e. The van der Waals surface area contributed by atoms with E-state index in [9.17, 15) is 4.79 Å². The highest BCUT2D eigenvalue weighted by atomic mass is 32.1. The maximum Gasteiger partial charge on any atom is 0.193 e. The van der Waals surface area contributed by atoms with Gasteiger partial charge < -0.3 is 4.43 Å². The maximum absolute atomic E-state index is 10.7. The van der Waals surface area contributed by atoms with Crippen LogP contribution in [0, 0.1) is 0 Å². The molecule has 0 radical (unpaired) electrons. The van der Waals surface area contributed by atoms with Crippen LogP contribution in [0.3, 0.4) is 0 Å². The predicted octanol–water partition coefficient (Wildman–Crippen LogP) is 4.21. The summed E-state index contributed by atoms with van der Waals surface area (Å²) < 4.78 is 6.48. The monoisotopic (exact) mass is 285 g/mol. The van der Waals surface area contributed by atoms with E-state index in [4.69, 9.17) is 4.43 Å². The molecule has 5 heteroatoms. The van der Waals surface area contributed by atoms with E-state index >= 15 is 0 Å². The second-order valence-corrected chi connectivity index (χ2v) is 10.6. The molecule has 0 aliphatic heterocycles. The summed E-state index contributed by atoms with van der Waals surface area (Å²) in [5, 5.41) is 2.46. The van der Waals surface area contributed by atoms with E-state index in [1.54, 1.807) is 0 Å². The first kappa shape index (κ1) is 15.5. The van der Waals surface area contributed by atoms with Gasteiger partial charge in [0.2, 0.25) is 0 Å². The largest absolute Gasteiger partial charge is 0.406 e. The fraction of sp³-hybridized carbons (Fsp3) is 0.692. The van der Waals surface area contributed by atoms with Crippen LogP contribution in [0.25, 0.3) is 0 Å². The average Bonchev–Trinajstić information content (AvgIpc) is 2.85. The number of aromatic nitrogens is 1. The molecular formula is C13H23NO2SSi. The summed E-state index contributed by atoms with van der Waals surface area (Å²) in [6.45, 7) is 10.8. The summed E-state index contributed by atoms with van der Waals surface area (Å²) in [6, 6.07) is 3.36. The van der Waals surface area contributed by atoms with E-state index in [1.807, 2.05) is 5.38 Å². The first-order valence-corrected chi connectivity index (χ1v) is 9.95. The molecule has 0 aromatic carbocycles. The Balaban J connectivity index is 2.95. The van der Waals surface area contributed by atoms with Crippen LogP contribution >= 0.6 is 11.3 Å². The smallest absolute Gasteiger partial charge is 0.193 e. The molecule has 0 spiro atoms. The molecule has 0 saturated carbocycles. The third-order valence-electron chi connectivity index (χ3n) is 3.64. The minimum absolute atomic E-state index is 0.397. The Morgan fingerprint density at radius 2 is 1.89 bits per heavy atom. The Kier molecular flexibility index (Phi) is 5.25. The number of carbonyl (C=O) groups excluding carboxylic acids is 1. The van der Waals surface area contributed by atoms with E-state index in [2.05, 4.69) is 39.6 Å². The van der Waals surface area contributed by atoms with Gasteiger partial charge in [-0.05, 0) is 32.0 Å². The van der Waals surface area contributed by atoms with Crippen molar-refractivity contribution in [2.75, 3.05) is 0 Å². The molecule has 0 saturated heterocycles. The van der Waals surface area contributed by atoms with Gasteiger partial charge >= 0.3 is 0 Å². The summed E-state index contributed by atoms with van der Waals surface area (Å²) in [5.74, 6) is 0. The molecule has 0 fully saturated rings. The van der Waals surface area contributed by atoms with Gasteiger partial charge in [0, 0.05) is 5.38 Å². The van der Waals surface area contributed by atoms with Crippen LogP contribution in [-0.4, -0.2) is 19.6 Å². The van der Waals surface area contributed by atoms with Crippen molar-refractivity contribution >= 4 is 25.9 Å². The summed E-state index contributed by atoms with van der Waals surface area (Å²) in [6.07, 6.45) is 0.800. The zero-order valence-electron chi connectivity index (χ0n) is 11.9. The number of rotatable bonds is 7. The molecular weight excluding hydrogens is 262 g/mol. The lowest BCUT2D eigenvalue weighted by molar-refractivity contribution is 0.0898. The van der Waals surface area contributed by atoms with Gasteiger partial charge in [-0.1, -0.05) is 20.8 Å². The molecule has 0 bridgehead atoms. The summed E-state index contributed by atoms with van der Waals surface area (Å²) in [5.41, 5.74) is 0.480. The summed E-state index contributed by atoms with van der Waals surface area (Å²) in [4.78, 5) is 15.1. The topological polar surface area (TPSA) is 39.2 Å². The van der Waals surface area contributed by atoms with Crippen LogP contribution in [0.5, 0.6) is 0 Å². The molecule has 0 aliphatic rings. The second-order valence-electron chi connectivity index (χ2n) is 5.04.